The fraction of sp³-hybridized carbons (Fsp3) is 0.105. The molecule has 2 aromatic carbocycles. The van der Waals surface area contributed by atoms with Crippen LogP contribution in [0.5, 0.6) is 0 Å². The summed E-state index contributed by atoms with van der Waals surface area (Å²) in [5.41, 5.74) is 4.64. The van der Waals surface area contributed by atoms with Crippen molar-refractivity contribution < 1.29 is 4.79 Å². The lowest BCUT2D eigenvalue weighted by molar-refractivity contribution is 0.112. The summed E-state index contributed by atoms with van der Waals surface area (Å²) in [7, 11) is 0. The summed E-state index contributed by atoms with van der Waals surface area (Å²) >= 11 is 1.50. The zero-order valence-corrected chi connectivity index (χ0v) is 13.4. The van der Waals surface area contributed by atoms with E-state index in [-0.39, 0.29) is 0 Å². The van der Waals surface area contributed by atoms with Crippen LogP contribution in [-0.2, 0) is 0 Å². The van der Waals surface area contributed by atoms with Crippen LogP contribution in [0.15, 0.2) is 60.7 Å². The molecule has 3 aromatic rings. The van der Waals surface area contributed by atoms with E-state index in [4.69, 9.17) is 0 Å². The molecule has 0 radical (unpaired) electrons. The number of carbonyl (C=O) groups is 1. The van der Waals surface area contributed by atoms with Crippen LogP contribution in [0.2, 0.25) is 0 Å². The molecule has 0 aliphatic heterocycles. The standard InChI is InChI=1S/C19H17NOS/c1-14-3-7-16(8-4-14)20(17-9-5-15(2)6-10-17)19-12-11-18(13-21)22-19/h3-13H,1-2H3. The second-order valence-corrected chi connectivity index (χ2v) is 6.39. The van der Waals surface area contributed by atoms with Crippen LogP contribution in [-0.4, -0.2) is 6.29 Å². The van der Waals surface area contributed by atoms with Crippen molar-refractivity contribution in [2.75, 3.05) is 4.90 Å². The first-order valence-corrected chi connectivity index (χ1v) is 7.97. The van der Waals surface area contributed by atoms with Crippen molar-refractivity contribution in [2.45, 2.75) is 13.8 Å². The smallest absolute Gasteiger partial charge is 0.160 e. The summed E-state index contributed by atoms with van der Waals surface area (Å²) in [6.45, 7) is 4.16. The number of aryl methyl sites for hydroxylation is 2. The van der Waals surface area contributed by atoms with E-state index in [1.165, 1.54) is 22.5 Å². The second kappa shape index (κ2) is 6.16. The van der Waals surface area contributed by atoms with Crippen LogP contribution in [0.4, 0.5) is 16.4 Å². The van der Waals surface area contributed by atoms with Gasteiger partial charge in [0.25, 0.3) is 0 Å². The van der Waals surface area contributed by atoms with Gasteiger partial charge < -0.3 is 4.90 Å². The summed E-state index contributed by atoms with van der Waals surface area (Å²) < 4.78 is 0. The molecule has 0 atom stereocenters. The van der Waals surface area contributed by atoms with Crippen molar-refractivity contribution in [2.24, 2.45) is 0 Å². The molecular weight excluding hydrogens is 290 g/mol. The van der Waals surface area contributed by atoms with E-state index in [0.29, 0.717) is 0 Å². The Balaban J connectivity index is 2.10. The number of rotatable bonds is 4. The molecule has 3 rings (SSSR count). The molecule has 0 saturated carbocycles. The zero-order valence-electron chi connectivity index (χ0n) is 12.6. The predicted octanol–water partition coefficient (Wildman–Crippen LogP) is 5.65. The van der Waals surface area contributed by atoms with Crippen LogP contribution in [0.1, 0.15) is 20.8 Å². The third-order valence-electron chi connectivity index (χ3n) is 3.53. The Morgan fingerprint density at radius 3 is 1.68 bits per heavy atom. The van der Waals surface area contributed by atoms with E-state index >= 15 is 0 Å². The largest absolute Gasteiger partial charge is 0.302 e. The Labute approximate surface area is 134 Å². The molecule has 0 amide bonds. The molecule has 2 nitrogen and oxygen atoms in total. The highest BCUT2D eigenvalue weighted by molar-refractivity contribution is 7.17. The first-order chi connectivity index (χ1) is 10.7. The maximum atomic E-state index is 11.0. The quantitative estimate of drug-likeness (QED) is 0.581. The fourth-order valence-electron chi connectivity index (χ4n) is 2.32. The SMILES string of the molecule is Cc1ccc(N(c2ccc(C)cc2)c2ccc(C=O)s2)cc1. The minimum Gasteiger partial charge on any atom is -0.302 e. The maximum absolute atomic E-state index is 11.0. The van der Waals surface area contributed by atoms with Gasteiger partial charge >= 0.3 is 0 Å². The van der Waals surface area contributed by atoms with Gasteiger partial charge in [0.05, 0.1) is 4.88 Å². The van der Waals surface area contributed by atoms with Crippen LogP contribution < -0.4 is 4.90 Å². The average molecular weight is 307 g/mol. The summed E-state index contributed by atoms with van der Waals surface area (Å²) in [4.78, 5) is 13.9. The molecule has 0 fully saturated rings. The Bertz CT molecular complexity index is 726. The lowest BCUT2D eigenvalue weighted by atomic mass is 10.1. The van der Waals surface area contributed by atoms with Gasteiger partial charge in [-0.05, 0) is 50.2 Å². The summed E-state index contributed by atoms with van der Waals surface area (Å²) in [6.07, 6.45) is 0.899. The molecule has 110 valence electrons. The van der Waals surface area contributed by atoms with Gasteiger partial charge in [0.1, 0.15) is 5.00 Å². The number of anilines is 3. The molecule has 0 unspecified atom stereocenters. The van der Waals surface area contributed by atoms with E-state index in [9.17, 15) is 4.79 Å². The van der Waals surface area contributed by atoms with Gasteiger partial charge in [-0.1, -0.05) is 35.4 Å². The van der Waals surface area contributed by atoms with Crippen molar-refractivity contribution in [1.29, 1.82) is 0 Å². The summed E-state index contributed by atoms with van der Waals surface area (Å²) in [5, 5.41) is 1.04. The van der Waals surface area contributed by atoms with Gasteiger partial charge in [-0.3, -0.25) is 4.79 Å². The molecule has 0 N–H and O–H groups in total. The third-order valence-corrected chi connectivity index (χ3v) is 4.53. The number of hydrogen-bond donors (Lipinski definition) is 0. The summed E-state index contributed by atoms with van der Waals surface area (Å²) in [5.74, 6) is 0. The maximum Gasteiger partial charge on any atom is 0.160 e. The molecule has 22 heavy (non-hydrogen) atoms. The third kappa shape index (κ3) is 2.95. The van der Waals surface area contributed by atoms with E-state index < -0.39 is 0 Å². The fourth-order valence-corrected chi connectivity index (χ4v) is 3.18. The molecular formula is C19H17NOS. The number of thiophene rings is 1. The van der Waals surface area contributed by atoms with Gasteiger partial charge in [-0.2, -0.15) is 0 Å². The van der Waals surface area contributed by atoms with Gasteiger partial charge in [-0.15, -0.1) is 11.3 Å². The molecule has 1 heterocycles. The number of hydrogen-bond acceptors (Lipinski definition) is 3. The van der Waals surface area contributed by atoms with Crippen LogP contribution in [0, 0.1) is 13.8 Å². The van der Waals surface area contributed by atoms with Crippen molar-refractivity contribution in [3.05, 3.63) is 76.7 Å². The van der Waals surface area contributed by atoms with E-state index in [2.05, 4.69) is 67.3 Å². The number of benzene rings is 2. The summed E-state index contributed by atoms with van der Waals surface area (Å²) in [6, 6.07) is 20.7. The highest BCUT2D eigenvalue weighted by Crippen LogP contribution is 2.38. The number of carbonyl (C=O) groups excluding carboxylic acids is 1. The Hall–Kier alpha value is -2.39. The molecule has 0 bridgehead atoms. The lowest BCUT2D eigenvalue weighted by Crippen LogP contribution is -2.08. The molecule has 0 aliphatic rings. The first kappa shape index (κ1) is 14.5. The highest BCUT2D eigenvalue weighted by Gasteiger charge is 2.14. The normalized spacial score (nSPS) is 10.5. The van der Waals surface area contributed by atoms with Crippen LogP contribution in [0.25, 0.3) is 0 Å². The topological polar surface area (TPSA) is 20.3 Å². The second-order valence-electron chi connectivity index (χ2n) is 5.30. The van der Waals surface area contributed by atoms with Crippen LogP contribution in [0.3, 0.4) is 0 Å². The van der Waals surface area contributed by atoms with Gasteiger partial charge in [0.2, 0.25) is 0 Å². The number of aldehydes is 1. The van der Waals surface area contributed by atoms with Crippen molar-refractivity contribution in [3.63, 3.8) is 0 Å². The predicted molar refractivity (Wildman–Crippen MR) is 93.9 cm³/mol. The molecule has 3 heteroatoms. The van der Waals surface area contributed by atoms with Crippen molar-refractivity contribution in [3.8, 4) is 0 Å². The van der Waals surface area contributed by atoms with Gasteiger partial charge in [0, 0.05) is 11.4 Å². The van der Waals surface area contributed by atoms with E-state index in [1.807, 2.05) is 12.1 Å². The lowest BCUT2D eigenvalue weighted by Gasteiger charge is -2.23. The minimum absolute atomic E-state index is 0.735. The van der Waals surface area contributed by atoms with Crippen molar-refractivity contribution >= 4 is 34.0 Å². The average Bonchev–Trinajstić information content (AvgIpc) is 3.00. The molecule has 0 spiro atoms. The van der Waals surface area contributed by atoms with Gasteiger partial charge in [-0.25, -0.2) is 0 Å². The zero-order chi connectivity index (χ0) is 15.5. The molecule has 0 aliphatic carbocycles. The monoisotopic (exact) mass is 307 g/mol. The van der Waals surface area contributed by atoms with Crippen LogP contribution >= 0.6 is 11.3 Å². The first-order valence-electron chi connectivity index (χ1n) is 7.16. The van der Waals surface area contributed by atoms with E-state index in [1.54, 1.807) is 0 Å². The molecule has 1 aromatic heterocycles. The Morgan fingerprint density at radius 1 is 0.773 bits per heavy atom. The Kier molecular flexibility index (Phi) is 4.07. The van der Waals surface area contributed by atoms with Gasteiger partial charge in [0.15, 0.2) is 6.29 Å². The van der Waals surface area contributed by atoms with E-state index in [0.717, 1.165) is 27.5 Å². The molecule has 0 saturated heterocycles. The Morgan fingerprint density at radius 2 is 1.27 bits per heavy atom. The highest BCUT2D eigenvalue weighted by atomic mass is 32.1. The minimum atomic E-state index is 0.735. The number of nitrogens with zero attached hydrogens (tertiary/aromatic N) is 1. The van der Waals surface area contributed by atoms with Crippen molar-refractivity contribution in [1.82, 2.24) is 0 Å².